The van der Waals surface area contributed by atoms with Gasteiger partial charge in [0, 0.05) is 19.8 Å². The molecule has 6 atom stereocenters. The predicted octanol–water partition coefficient (Wildman–Crippen LogP) is 3.13. The molecule has 26 heavy (non-hydrogen) atoms. The van der Waals surface area contributed by atoms with E-state index in [1.807, 2.05) is 0 Å². The third-order valence-corrected chi connectivity index (χ3v) is 7.96. The summed E-state index contributed by atoms with van der Waals surface area (Å²) in [6.45, 7) is 5.88. The lowest BCUT2D eigenvalue weighted by Gasteiger charge is -2.58. The van der Waals surface area contributed by atoms with E-state index in [0.29, 0.717) is 18.3 Å². The Balaban J connectivity index is 1.62. The van der Waals surface area contributed by atoms with Crippen LogP contribution in [0.25, 0.3) is 0 Å². The van der Waals surface area contributed by atoms with Crippen LogP contribution in [0, 0.1) is 28.6 Å². The van der Waals surface area contributed by atoms with Gasteiger partial charge in [-0.05, 0) is 55.3 Å². The van der Waals surface area contributed by atoms with Crippen molar-refractivity contribution >= 4 is 17.8 Å². The topological polar surface area (TPSA) is 72.5 Å². The summed E-state index contributed by atoms with van der Waals surface area (Å²) in [4.78, 5) is 35.9. The molecule has 2 saturated carbocycles. The Hall–Kier alpha value is -1.65. The minimum absolute atomic E-state index is 0.000678. The van der Waals surface area contributed by atoms with Crippen LogP contribution in [0.3, 0.4) is 0 Å². The highest BCUT2D eigenvalue weighted by Crippen LogP contribution is 2.62. The minimum Gasteiger partial charge on any atom is -0.462 e. The summed E-state index contributed by atoms with van der Waals surface area (Å²) >= 11 is 0. The fraction of sp³-hybridized carbons (Fsp3) is 0.762. The monoisotopic (exact) mass is 359 g/mol. The number of carbonyl (C=O) groups is 3. The second-order valence-electron chi connectivity index (χ2n) is 9.27. The number of allylic oxidation sites excluding steroid dienone is 1. The molecule has 0 aromatic heterocycles. The average Bonchev–Trinajstić information content (AvgIpc) is 2.56. The maximum Gasteiger partial charge on any atom is 0.302 e. The zero-order chi connectivity index (χ0) is 18.7. The summed E-state index contributed by atoms with van der Waals surface area (Å²) in [5.41, 5.74) is 1.12. The number of ether oxygens (including phenoxy) is 1. The number of imide groups is 1. The summed E-state index contributed by atoms with van der Waals surface area (Å²) in [5, 5.41) is 2.56. The van der Waals surface area contributed by atoms with Gasteiger partial charge in [-0.2, -0.15) is 0 Å². The van der Waals surface area contributed by atoms with Crippen LogP contribution in [0.15, 0.2) is 11.6 Å². The van der Waals surface area contributed by atoms with Crippen molar-refractivity contribution in [3.8, 4) is 0 Å². The Morgan fingerprint density at radius 3 is 2.58 bits per heavy atom. The summed E-state index contributed by atoms with van der Waals surface area (Å²) in [5.74, 6) is 0.656. The first kappa shape index (κ1) is 17.7. The maximum atomic E-state index is 12.5. The van der Waals surface area contributed by atoms with E-state index in [-0.39, 0.29) is 35.2 Å². The van der Waals surface area contributed by atoms with Crippen molar-refractivity contribution in [1.29, 1.82) is 0 Å². The van der Waals surface area contributed by atoms with E-state index in [2.05, 4.69) is 25.2 Å². The number of esters is 1. The van der Waals surface area contributed by atoms with Crippen molar-refractivity contribution in [1.82, 2.24) is 5.32 Å². The lowest BCUT2D eigenvalue weighted by atomic mass is 9.46. The number of hydrogen-bond donors (Lipinski definition) is 1. The van der Waals surface area contributed by atoms with Crippen LogP contribution in [-0.4, -0.2) is 23.9 Å². The van der Waals surface area contributed by atoms with Gasteiger partial charge in [-0.25, -0.2) is 0 Å². The van der Waals surface area contributed by atoms with Crippen LogP contribution in [-0.2, 0) is 19.1 Å². The average molecular weight is 359 g/mol. The Labute approximate surface area is 154 Å². The summed E-state index contributed by atoms with van der Waals surface area (Å²) in [6, 6.07) is 0. The van der Waals surface area contributed by atoms with Crippen LogP contribution in [0.4, 0.5) is 0 Å². The highest BCUT2D eigenvalue weighted by Gasteiger charge is 2.58. The molecule has 1 heterocycles. The van der Waals surface area contributed by atoms with Gasteiger partial charge in [0.15, 0.2) is 0 Å². The van der Waals surface area contributed by atoms with E-state index < -0.39 is 5.41 Å². The molecule has 4 rings (SSSR count). The van der Waals surface area contributed by atoms with Gasteiger partial charge in [0.2, 0.25) is 11.8 Å². The van der Waals surface area contributed by atoms with Crippen LogP contribution < -0.4 is 5.32 Å². The first-order valence-electron chi connectivity index (χ1n) is 9.95. The van der Waals surface area contributed by atoms with Gasteiger partial charge in [0.1, 0.15) is 6.10 Å². The lowest BCUT2D eigenvalue weighted by Crippen LogP contribution is -2.60. The number of nitrogens with one attached hydrogen (secondary N) is 1. The van der Waals surface area contributed by atoms with E-state index in [9.17, 15) is 14.4 Å². The summed E-state index contributed by atoms with van der Waals surface area (Å²) < 4.78 is 5.47. The molecule has 4 unspecified atom stereocenters. The Bertz CT molecular complexity index is 698. The molecule has 5 heteroatoms. The Morgan fingerprint density at radius 2 is 1.85 bits per heavy atom. The van der Waals surface area contributed by atoms with Gasteiger partial charge in [-0.15, -0.1) is 0 Å². The van der Waals surface area contributed by atoms with Crippen molar-refractivity contribution in [2.24, 2.45) is 28.6 Å². The van der Waals surface area contributed by atoms with E-state index in [4.69, 9.17) is 4.74 Å². The number of fused-ring (bicyclic) bond motifs is 5. The first-order valence-corrected chi connectivity index (χ1v) is 9.95. The zero-order valence-corrected chi connectivity index (χ0v) is 16.0. The first-order chi connectivity index (χ1) is 12.2. The number of rotatable bonds is 1. The van der Waals surface area contributed by atoms with Gasteiger partial charge in [-0.3, -0.25) is 19.7 Å². The standard InChI is InChI=1S/C21H29NO4/c1-12(23)26-14-6-8-20(2)13(10-14)4-5-15-16(20)7-9-21(3)17(15)11-18(24)22-19(21)25/h4,14-17H,5-11H2,1-3H3,(H,22,24,25)/t14?,15?,16?,17?,20-,21-/m0/s1. The molecule has 4 aliphatic rings. The van der Waals surface area contributed by atoms with Crippen molar-refractivity contribution < 1.29 is 19.1 Å². The quantitative estimate of drug-likeness (QED) is 0.443. The summed E-state index contributed by atoms with van der Waals surface area (Å²) in [7, 11) is 0. The van der Waals surface area contributed by atoms with Gasteiger partial charge in [0.05, 0.1) is 5.41 Å². The molecule has 0 spiro atoms. The molecular weight excluding hydrogens is 330 g/mol. The second kappa shape index (κ2) is 5.93. The largest absolute Gasteiger partial charge is 0.462 e. The third kappa shape index (κ3) is 2.54. The van der Waals surface area contributed by atoms with Gasteiger partial charge < -0.3 is 4.74 Å². The molecule has 0 bridgehead atoms. The van der Waals surface area contributed by atoms with Gasteiger partial charge in [-0.1, -0.05) is 25.5 Å². The normalized spacial score (nSPS) is 44.8. The predicted molar refractivity (Wildman–Crippen MR) is 95.8 cm³/mol. The van der Waals surface area contributed by atoms with Crippen molar-refractivity contribution in [2.45, 2.75) is 71.8 Å². The molecule has 0 aromatic carbocycles. The van der Waals surface area contributed by atoms with Gasteiger partial charge >= 0.3 is 5.97 Å². The maximum absolute atomic E-state index is 12.5. The molecule has 1 saturated heterocycles. The van der Waals surface area contributed by atoms with E-state index >= 15 is 0 Å². The fourth-order valence-electron chi connectivity index (χ4n) is 6.46. The van der Waals surface area contributed by atoms with E-state index in [1.54, 1.807) is 0 Å². The van der Waals surface area contributed by atoms with Crippen LogP contribution >= 0.6 is 0 Å². The van der Waals surface area contributed by atoms with Gasteiger partial charge in [0.25, 0.3) is 0 Å². The van der Waals surface area contributed by atoms with Crippen LogP contribution in [0.1, 0.15) is 65.7 Å². The molecule has 0 radical (unpaired) electrons. The highest BCUT2D eigenvalue weighted by molar-refractivity contribution is 6.01. The van der Waals surface area contributed by atoms with Crippen LogP contribution in [0.5, 0.6) is 0 Å². The molecular formula is C21H29NO4. The van der Waals surface area contributed by atoms with Crippen molar-refractivity contribution in [2.75, 3.05) is 0 Å². The molecule has 2 amide bonds. The smallest absolute Gasteiger partial charge is 0.302 e. The number of amides is 2. The highest BCUT2D eigenvalue weighted by atomic mass is 16.5. The minimum atomic E-state index is -0.411. The summed E-state index contributed by atoms with van der Waals surface area (Å²) in [6.07, 6.45) is 8.38. The molecule has 0 aromatic rings. The lowest BCUT2D eigenvalue weighted by molar-refractivity contribution is -0.156. The third-order valence-electron chi connectivity index (χ3n) is 7.96. The molecule has 3 aliphatic carbocycles. The van der Waals surface area contributed by atoms with E-state index in [1.165, 1.54) is 12.5 Å². The van der Waals surface area contributed by atoms with E-state index in [0.717, 1.165) is 38.5 Å². The number of piperidine rings is 1. The van der Waals surface area contributed by atoms with Crippen molar-refractivity contribution in [3.05, 3.63) is 11.6 Å². The van der Waals surface area contributed by atoms with Crippen LogP contribution in [0.2, 0.25) is 0 Å². The number of hydrogen-bond acceptors (Lipinski definition) is 4. The zero-order valence-electron chi connectivity index (χ0n) is 16.0. The molecule has 3 fully saturated rings. The fourth-order valence-corrected chi connectivity index (χ4v) is 6.46. The second-order valence-corrected chi connectivity index (χ2v) is 9.27. The Kier molecular flexibility index (Phi) is 4.05. The molecule has 1 N–H and O–H groups in total. The molecule has 1 aliphatic heterocycles. The Morgan fingerprint density at radius 1 is 1.12 bits per heavy atom. The van der Waals surface area contributed by atoms with Crippen molar-refractivity contribution in [3.63, 3.8) is 0 Å². The molecule has 142 valence electrons. The number of carbonyl (C=O) groups excluding carboxylic acids is 3. The molecule has 5 nitrogen and oxygen atoms in total. The SMILES string of the molecule is CC(=O)OC1CC[C@@]2(C)C(=CCC3C2CC[C@]2(C)C(=O)NC(=O)CC32)C1.